The summed E-state index contributed by atoms with van der Waals surface area (Å²) in [6, 6.07) is 0. The summed E-state index contributed by atoms with van der Waals surface area (Å²) >= 11 is 5.33. The van der Waals surface area contributed by atoms with Crippen molar-refractivity contribution in [1.29, 1.82) is 0 Å². The lowest BCUT2D eigenvalue weighted by molar-refractivity contribution is 0.160. The van der Waals surface area contributed by atoms with Gasteiger partial charge < -0.3 is 15.3 Å². The number of hydrogen-bond acceptors (Lipinski definition) is 2. The van der Waals surface area contributed by atoms with Gasteiger partial charge in [-0.15, -0.1) is 0 Å². The van der Waals surface area contributed by atoms with Gasteiger partial charge in [-0.3, -0.25) is 0 Å². The molecule has 1 unspecified atom stereocenters. The molecule has 15 heavy (non-hydrogen) atoms. The predicted octanol–water partition coefficient (Wildman–Crippen LogP) is 1.22. The summed E-state index contributed by atoms with van der Waals surface area (Å²) in [7, 11) is 0. The summed E-state index contributed by atoms with van der Waals surface area (Å²) < 4.78 is 0. The minimum Gasteiger partial charge on any atom is -0.396 e. The summed E-state index contributed by atoms with van der Waals surface area (Å²) in [6.07, 6.45) is 2.26. The van der Waals surface area contributed by atoms with E-state index >= 15 is 0 Å². The Hall–Kier alpha value is -0.350. The molecule has 1 atom stereocenters. The molecule has 0 spiro atoms. The van der Waals surface area contributed by atoms with Gasteiger partial charge in [-0.1, -0.05) is 13.8 Å². The highest BCUT2D eigenvalue weighted by molar-refractivity contribution is 7.80. The summed E-state index contributed by atoms with van der Waals surface area (Å²) in [4.78, 5) is 2.18. The van der Waals surface area contributed by atoms with Crippen molar-refractivity contribution in [1.82, 2.24) is 10.2 Å². The molecule has 0 aromatic carbocycles. The van der Waals surface area contributed by atoms with Crippen molar-refractivity contribution < 1.29 is 5.11 Å². The molecule has 3 nitrogen and oxygen atoms in total. The topological polar surface area (TPSA) is 35.5 Å². The fraction of sp³-hybridized carbons (Fsp3) is 0.909. The molecule has 0 aliphatic carbocycles. The van der Waals surface area contributed by atoms with Gasteiger partial charge in [0.05, 0.1) is 0 Å². The first-order valence-electron chi connectivity index (χ1n) is 5.77. The number of aliphatic hydroxyl groups is 1. The SMILES string of the molecule is CC(C)CNC(=S)N1CCCC(CO)C1. The van der Waals surface area contributed by atoms with E-state index in [0.29, 0.717) is 11.8 Å². The van der Waals surface area contributed by atoms with E-state index in [1.807, 2.05) is 0 Å². The first-order valence-corrected chi connectivity index (χ1v) is 6.18. The zero-order valence-corrected chi connectivity index (χ0v) is 10.5. The number of hydrogen-bond donors (Lipinski definition) is 2. The Bertz CT molecular complexity index is 209. The van der Waals surface area contributed by atoms with Crippen LogP contribution in [0, 0.1) is 11.8 Å². The van der Waals surface area contributed by atoms with Crippen molar-refractivity contribution in [3.8, 4) is 0 Å². The lowest BCUT2D eigenvalue weighted by Gasteiger charge is -2.34. The van der Waals surface area contributed by atoms with Gasteiger partial charge in [0.25, 0.3) is 0 Å². The lowest BCUT2D eigenvalue weighted by Crippen LogP contribution is -2.46. The standard InChI is InChI=1S/C11H22N2OS/c1-9(2)6-12-11(15)13-5-3-4-10(7-13)8-14/h9-10,14H,3-8H2,1-2H3,(H,12,15). The normalized spacial score (nSPS) is 21.9. The molecule has 2 N–H and O–H groups in total. The Labute approximate surface area is 97.8 Å². The third-order valence-corrected chi connectivity index (χ3v) is 3.13. The maximum atomic E-state index is 9.12. The van der Waals surface area contributed by atoms with Crippen LogP contribution in [0.2, 0.25) is 0 Å². The zero-order chi connectivity index (χ0) is 11.3. The Morgan fingerprint density at radius 3 is 2.93 bits per heavy atom. The van der Waals surface area contributed by atoms with Gasteiger partial charge in [-0.2, -0.15) is 0 Å². The zero-order valence-electron chi connectivity index (χ0n) is 9.70. The highest BCUT2D eigenvalue weighted by Gasteiger charge is 2.20. The van der Waals surface area contributed by atoms with Gasteiger partial charge in [0.1, 0.15) is 0 Å². The molecule has 1 rings (SSSR count). The average molecular weight is 230 g/mol. The van der Waals surface area contributed by atoms with Crippen molar-refractivity contribution in [3.63, 3.8) is 0 Å². The fourth-order valence-corrected chi connectivity index (χ4v) is 2.05. The van der Waals surface area contributed by atoms with E-state index in [0.717, 1.165) is 37.6 Å². The first-order chi connectivity index (χ1) is 7.13. The molecular weight excluding hydrogens is 208 g/mol. The van der Waals surface area contributed by atoms with Crippen LogP contribution in [0.25, 0.3) is 0 Å². The Morgan fingerprint density at radius 1 is 1.60 bits per heavy atom. The van der Waals surface area contributed by atoms with Crippen molar-refractivity contribution in [2.45, 2.75) is 26.7 Å². The predicted molar refractivity (Wildman–Crippen MR) is 66.8 cm³/mol. The quantitative estimate of drug-likeness (QED) is 0.715. The van der Waals surface area contributed by atoms with Gasteiger partial charge >= 0.3 is 0 Å². The average Bonchev–Trinajstić information content (AvgIpc) is 2.26. The molecule has 1 heterocycles. The maximum absolute atomic E-state index is 9.12. The van der Waals surface area contributed by atoms with Crippen LogP contribution in [0.1, 0.15) is 26.7 Å². The fourth-order valence-electron chi connectivity index (χ4n) is 1.80. The largest absolute Gasteiger partial charge is 0.396 e. The van der Waals surface area contributed by atoms with Gasteiger partial charge in [0.2, 0.25) is 0 Å². The molecule has 0 saturated carbocycles. The number of thiocarbonyl (C=S) groups is 1. The highest BCUT2D eigenvalue weighted by Crippen LogP contribution is 2.15. The van der Waals surface area contributed by atoms with Gasteiger partial charge in [0.15, 0.2) is 5.11 Å². The number of piperidine rings is 1. The molecule has 1 aliphatic rings. The summed E-state index contributed by atoms with van der Waals surface area (Å²) in [5.41, 5.74) is 0. The van der Waals surface area contributed by atoms with E-state index in [4.69, 9.17) is 17.3 Å². The number of nitrogens with one attached hydrogen (secondary N) is 1. The summed E-state index contributed by atoms with van der Waals surface area (Å²) in [5.74, 6) is 1.01. The molecule has 88 valence electrons. The molecule has 0 radical (unpaired) electrons. The number of likely N-dealkylation sites (tertiary alicyclic amines) is 1. The van der Waals surface area contributed by atoms with Crippen LogP contribution in [0.3, 0.4) is 0 Å². The molecule has 0 amide bonds. The van der Waals surface area contributed by atoms with Gasteiger partial charge in [0, 0.05) is 26.2 Å². The number of nitrogens with zero attached hydrogens (tertiary/aromatic N) is 1. The molecule has 1 saturated heterocycles. The second kappa shape index (κ2) is 6.28. The van der Waals surface area contributed by atoms with E-state index < -0.39 is 0 Å². The van der Waals surface area contributed by atoms with E-state index in [2.05, 4.69) is 24.1 Å². The molecule has 0 aromatic rings. The highest BCUT2D eigenvalue weighted by atomic mass is 32.1. The molecule has 1 aliphatic heterocycles. The number of rotatable bonds is 3. The van der Waals surface area contributed by atoms with Gasteiger partial charge in [-0.05, 0) is 36.9 Å². The van der Waals surface area contributed by atoms with E-state index in [1.54, 1.807) is 0 Å². The summed E-state index contributed by atoms with van der Waals surface area (Å²) in [5, 5.41) is 13.2. The Balaban J connectivity index is 2.32. The van der Waals surface area contributed by atoms with Crippen LogP contribution in [0.15, 0.2) is 0 Å². The molecule has 4 heteroatoms. The monoisotopic (exact) mass is 230 g/mol. The molecule has 0 bridgehead atoms. The van der Waals surface area contributed by atoms with Crippen molar-refractivity contribution in [2.75, 3.05) is 26.2 Å². The van der Waals surface area contributed by atoms with Crippen LogP contribution in [-0.2, 0) is 0 Å². The first kappa shape index (κ1) is 12.7. The smallest absolute Gasteiger partial charge is 0.168 e. The van der Waals surface area contributed by atoms with E-state index in [1.165, 1.54) is 0 Å². The molecule has 0 aromatic heterocycles. The minimum atomic E-state index is 0.281. The van der Waals surface area contributed by atoms with Crippen LogP contribution in [-0.4, -0.2) is 41.4 Å². The van der Waals surface area contributed by atoms with Crippen LogP contribution >= 0.6 is 12.2 Å². The third kappa shape index (κ3) is 4.34. The van der Waals surface area contributed by atoms with Gasteiger partial charge in [-0.25, -0.2) is 0 Å². The lowest BCUT2D eigenvalue weighted by atomic mass is 9.99. The van der Waals surface area contributed by atoms with Crippen molar-refractivity contribution in [3.05, 3.63) is 0 Å². The molecule has 1 fully saturated rings. The van der Waals surface area contributed by atoms with Crippen molar-refractivity contribution in [2.24, 2.45) is 11.8 Å². The van der Waals surface area contributed by atoms with Crippen LogP contribution < -0.4 is 5.32 Å². The second-order valence-electron chi connectivity index (χ2n) is 4.72. The minimum absolute atomic E-state index is 0.281. The Morgan fingerprint density at radius 2 is 2.33 bits per heavy atom. The number of aliphatic hydroxyl groups excluding tert-OH is 1. The van der Waals surface area contributed by atoms with Crippen LogP contribution in [0.5, 0.6) is 0 Å². The third-order valence-electron chi connectivity index (χ3n) is 2.73. The maximum Gasteiger partial charge on any atom is 0.168 e. The second-order valence-corrected chi connectivity index (χ2v) is 5.10. The van der Waals surface area contributed by atoms with Crippen molar-refractivity contribution >= 4 is 17.3 Å². The van der Waals surface area contributed by atoms with E-state index in [9.17, 15) is 0 Å². The van der Waals surface area contributed by atoms with E-state index in [-0.39, 0.29) is 6.61 Å². The Kier molecular flexibility index (Phi) is 5.32. The van der Waals surface area contributed by atoms with Crippen LogP contribution in [0.4, 0.5) is 0 Å². The molecular formula is C11H22N2OS. The summed E-state index contributed by atoms with van der Waals surface area (Å²) in [6.45, 7) is 7.48.